The molecule has 3 atom stereocenters. The average molecular weight is 247 g/mol. The van der Waals surface area contributed by atoms with Crippen molar-refractivity contribution in [2.75, 3.05) is 19.8 Å². The van der Waals surface area contributed by atoms with Gasteiger partial charge in [-0.25, -0.2) is 0 Å². The van der Waals surface area contributed by atoms with Gasteiger partial charge in [0, 0.05) is 30.7 Å². The molecule has 3 nitrogen and oxygen atoms in total. The van der Waals surface area contributed by atoms with Crippen LogP contribution in [0.25, 0.3) is 0 Å². The van der Waals surface area contributed by atoms with Gasteiger partial charge in [-0.05, 0) is 24.8 Å². The zero-order valence-corrected chi connectivity index (χ0v) is 10.6. The fourth-order valence-electron chi connectivity index (χ4n) is 3.22. The Morgan fingerprint density at radius 3 is 3.06 bits per heavy atom. The molecule has 0 radical (unpaired) electrons. The van der Waals surface area contributed by atoms with E-state index in [9.17, 15) is 5.11 Å². The molecule has 0 spiro atoms. The number of ether oxygens (including phenoxy) is 1. The largest absolute Gasteiger partial charge is 0.493 e. The number of aliphatic hydroxyl groups excluding tert-OH is 1. The molecular weight excluding hydrogens is 226 g/mol. The van der Waals surface area contributed by atoms with Crippen molar-refractivity contribution < 1.29 is 9.84 Å². The summed E-state index contributed by atoms with van der Waals surface area (Å²) in [6.07, 6.45) is 3.59. The number of rotatable bonds is 4. The molecule has 1 heterocycles. The lowest BCUT2D eigenvalue weighted by Crippen LogP contribution is -2.37. The predicted molar refractivity (Wildman–Crippen MR) is 70.9 cm³/mol. The first-order valence-corrected chi connectivity index (χ1v) is 6.94. The van der Waals surface area contributed by atoms with Crippen LogP contribution in [0.15, 0.2) is 24.3 Å². The van der Waals surface area contributed by atoms with Crippen LogP contribution in [0, 0.1) is 5.92 Å². The molecule has 1 saturated carbocycles. The summed E-state index contributed by atoms with van der Waals surface area (Å²) in [6.45, 7) is 2.05. The van der Waals surface area contributed by atoms with Crippen LogP contribution >= 0.6 is 0 Å². The summed E-state index contributed by atoms with van der Waals surface area (Å²) >= 11 is 0. The summed E-state index contributed by atoms with van der Waals surface area (Å²) < 4.78 is 5.69. The monoisotopic (exact) mass is 247 g/mol. The Hall–Kier alpha value is -1.06. The Labute approximate surface area is 108 Å². The topological polar surface area (TPSA) is 41.5 Å². The van der Waals surface area contributed by atoms with Crippen molar-refractivity contribution >= 4 is 0 Å². The first-order valence-electron chi connectivity index (χ1n) is 6.94. The SMILES string of the molecule is OCC1CCCC1NCC1COc2ccccc21. The molecule has 1 fully saturated rings. The second-order valence-corrected chi connectivity index (χ2v) is 5.43. The van der Waals surface area contributed by atoms with Gasteiger partial charge in [0.1, 0.15) is 5.75 Å². The van der Waals surface area contributed by atoms with Gasteiger partial charge in [-0.2, -0.15) is 0 Å². The number of hydrogen-bond acceptors (Lipinski definition) is 3. The number of para-hydroxylation sites is 1. The average Bonchev–Trinajstić information content (AvgIpc) is 3.02. The molecule has 1 aromatic rings. The quantitative estimate of drug-likeness (QED) is 0.854. The third-order valence-corrected chi connectivity index (χ3v) is 4.32. The van der Waals surface area contributed by atoms with E-state index in [4.69, 9.17) is 4.74 Å². The van der Waals surface area contributed by atoms with Gasteiger partial charge in [0.05, 0.1) is 6.61 Å². The van der Waals surface area contributed by atoms with Crippen molar-refractivity contribution in [3.8, 4) is 5.75 Å². The Kier molecular flexibility index (Phi) is 3.52. The van der Waals surface area contributed by atoms with E-state index in [2.05, 4.69) is 17.4 Å². The van der Waals surface area contributed by atoms with E-state index in [1.165, 1.54) is 18.4 Å². The van der Waals surface area contributed by atoms with Gasteiger partial charge < -0.3 is 15.2 Å². The van der Waals surface area contributed by atoms with Crippen molar-refractivity contribution in [1.29, 1.82) is 0 Å². The van der Waals surface area contributed by atoms with Crippen molar-refractivity contribution in [3.63, 3.8) is 0 Å². The normalized spacial score (nSPS) is 30.2. The fraction of sp³-hybridized carbons (Fsp3) is 0.600. The van der Waals surface area contributed by atoms with Crippen LogP contribution in [0.1, 0.15) is 30.7 Å². The molecule has 18 heavy (non-hydrogen) atoms. The van der Waals surface area contributed by atoms with Gasteiger partial charge >= 0.3 is 0 Å². The molecule has 1 aromatic carbocycles. The van der Waals surface area contributed by atoms with Crippen LogP contribution in [-0.4, -0.2) is 30.9 Å². The number of benzene rings is 1. The highest BCUT2D eigenvalue weighted by Crippen LogP contribution is 2.33. The zero-order valence-electron chi connectivity index (χ0n) is 10.6. The molecule has 2 aliphatic rings. The van der Waals surface area contributed by atoms with Crippen LogP contribution in [0.5, 0.6) is 5.75 Å². The van der Waals surface area contributed by atoms with E-state index >= 15 is 0 Å². The summed E-state index contributed by atoms with van der Waals surface area (Å²) in [5.41, 5.74) is 1.32. The predicted octanol–water partition coefficient (Wildman–Crippen LogP) is 1.91. The van der Waals surface area contributed by atoms with Crippen LogP contribution in [0.4, 0.5) is 0 Å². The lowest BCUT2D eigenvalue weighted by atomic mass is 9.99. The molecule has 3 heteroatoms. The Morgan fingerprint density at radius 2 is 2.17 bits per heavy atom. The molecular formula is C15H21NO2. The number of hydrogen-bond donors (Lipinski definition) is 2. The van der Waals surface area contributed by atoms with Gasteiger partial charge in [-0.1, -0.05) is 24.6 Å². The summed E-state index contributed by atoms with van der Waals surface area (Å²) in [6, 6.07) is 8.79. The second kappa shape index (κ2) is 5.29. The van der Waals surface area contributed by atoms with Crippen LogP contribution < -0.4 is 10.1 Å². The van der Waals surface area contributed by atoms with Crippen molar-refractivity contribution in [2.24, 2.45) is 5.92 Å². The third kappa shape index (κ3) is 2.25. The van der Waals surface area contributed by atoms with Crippen molar-refractivity contribution in [1.82, 2.24) is 5.32 Å². The van der Waals surface area contributed by atoms with E-state index in [-0.39, 0.29) is 0 Å². The molecule has 3 rings (SSSR count). The number of aliphatic hydroxyl groups is 1. The van der Waals surface area contributed by atoms with Gasteiger partial charge in [-0.3, -0.25) is 0 Å². The van der Waals surface area contributed by atoms with Gasteiger partial charge in [-0.15, -0.1) is 0 Å². The highest BCUT2D eigenvalue weighted by Gasteiger charge is 2.29. The van der Waals surface area contributed by atoms with E-state index in [1.54, 1.807) is 0 Å². The Balaban J connectivity index is 1.58. The number of nitrogens with one attached hydrogen (secondary N) is 1. The fourth-order valence-corrected chi connectivity index (χ4v) is 3.22. The summed E-state index contributed by atoms with van der Waals surface area (Å²) in [5, 5.41) is 12.9. The van der Waals surface area contributed by atoms with Crippen LogP contribution in [0.2, 0.25) is 0 Å². The van der Waals surface area contributed by atoms with E-state index in [0.29, 0.717) is 24.5 Å². The first kappa shape index (κ1) is 12.0. The molecule has 0 aromatic heterocycles. The maximum absolute atomic E-state index is 9.32. The summed E-state index contributed by atoms with van der Waals surface area (Å²) in [5.74, 6) is 1.94. The third-order valence-electron chi connectivity index (χ3n) is 4.32. The van der Waals surface area contributed by atoms with Crippen LogP contribution in [0.3, 0.4) is 0 Å². The minimum atomic E-state index is 0.315. The minimum Gasteiger partial charge on any atom is -0.493 e. The highest BCUT2D eigenvalue weighted by atomic mass is 16.5. The van der Waals surface area contributed by atoms with Crippen LogP contribution in [-0.2, 0) is 0 Å². The van der Waals surface area contributed by atoms with E-state index in [0.717, 1.165) is 25.3 Å². The minimum absolute atomic E-state index is 0.315. The van der Waals surface area contributed by atoms with Gasteiger partial charge in [0.2, 0.25) is 0 Å². The maximum atomic E-state index is 9.32. The van der Waals surface area contributed by atoms with Gasteiger partial charge in [0.25, 0.3) is 0 Å². The second-order valence-electron chi connectivity index (χ2n) is 5.43. The Morgan fingerprint density at radius 1 is 1.28 bits per heavy atom. The zero-order chi connectivity index (χ0) is 12.4. The molecule has 2 N–H and O–H groups in total. The number of fused-ring (bicyclic) bond motifs is 1. The summed E-state index contributed by atoms with van der Waals surface area (Å²) in [7, 11) is 0. The van der Waals surface area contributed by atoms with Crippen molar-refractivity contribution in [2.45, 2.75) is 31.2 Å². The molecule has 0 saturated heterocycles. The Bertz CT molecular complexity index is 407. The summed E-state index contributed by atoms with van der Waals surface area (Å²) in [4.78, 5) is 0. The molecule has 1 aliphatic heterocycles. The van der Waals surface area contributed by atoms with Gasteiger partial charge in [0.15, 0.2) is 0 Å². The lowest BCUT2D eigenvalue weighted by Gasteiger charge is -2.21. The smallest absolute Gasteiger partial charge is 0.122 e. The van der Waals surface area contributed by atoms with E-state index < -0.39 is 0 Å². The molecule has 0 amide bonds. The standard InChI is InChI=1S/C15H21NO2/c17-9-11-4-3-6-14(11)16-8-12-10-18-15-7-2-1-5-13(12)15/h1-2,5,7,11-12,14,16-17H,3-4,6,8-10H2. The molecule has 3 unspecified atom stereocenters. The molecule has 1 aliphatic carbocycles. The van der Waals surface area contributed by atoms with E-state index in [1.807, 2.05) is 12.1 Å². The highest BCUT2D eigenvalue weighted by molar-refractivity contribution is 5.39. The molecule has 0 bridgehead atoms. The van der Waals surface area contributed by atoms with Crippen molar-refractivity contribution in [3.05, 3.63) is 29.8 Å². The maximum Gasteiger partial charge on any atom is 0.122 e. The molecule has 98 valence electrons. The lowest BCUT2D eigenvalue weighted by molar-refractivity contribution is 0.203. The first-order chi connectivity index (χ1) is 8.88.